The standard InChI is InChI=1S/C28H16F8N2O3S/c1-42(40,41)25-9-7-17(10-22(25)28(34,35)36)15-2-4-16(5-3-15)24-12-21(27(31,32)33)20(13-37)26(39)38(24)14-18-6-8-19(29)11-23(18)30/h2-12H,14H2,1H3. The first-order chi connectivity index (χ1) is 19.4. The summed E-state index contributed by atoms with van der Waals surface area (Å²) in [6.45, 7) is -0.684. The van der Waals surface area contributed by atoms with Gasteiger partial charge in [-0.3, -0.25) is 4.79 Å². The molecule has 1 heterocycles. The summed E-state index contributed by atoms with van der Waals surface area (Å²) in [5.41, 5.74) is -6.32. The van der Waals surface area contributed by atoms with Gasteiger partial charge in [0, 0.05) is 17.9 Å². The van der Waals surface area contributed by atoms with Crippen molar-refractivity contribution in [2.45, 2.75) is 23.8 Å². The first-order valence-electron chi connectivity index (χ1n) is 11.6. The van der Waals surface area contributed by atoms with Crippen LogP contribution in [0.2, 0.25) is 0 Å². The predicted molar refractivity (Wildman–Crippen MR) is 135 cm³/mol. The van der Waals surface area contributed by atoms with Crippen LogP contribution in [0.15, 0.2) is 76.4 Å². The summed E-state index contributed by atoms with van der Waals surface area (Å²) in [7, 11) is -4.24. The molecule has 0 saturated carbocycles. The van der Waals surface area contributed by atoms with Crippen molar-refractivity contribution in [1.29, 1.82) is 5.26 Å². The van der Waals surface area contributed by atoms with Crippen LogP contribution in [0.5, 0.6) is 0 Å². The van der Waals surface area contributed by atoms with Gasteiger partial charge in [-0.2, -0.15) is 31.6 Å². The third-order valence-electron chi connectivity index (χ3n) is 6.26. The molecular weight excluding hydrogens is 596 g/mol. The topological polar surface area (TPSA) is 79.9 Å². The van der Waals surface area contributed by atoms with Gasteiger partial charge >= 0.3 is 12.4 Å². The zero-order chi connectivity index (χ0) is 31.2. The molecule has 0 N–H and O–H groups in total. The van der Waals surface area contributed by atoms with Gasteiger partial charge in [0.1, 0.15) is 23.3 Å². The molecule has 0 bridgehead atoms. The van der Waals surface area contributed by atoms with Crippen molar-refractivity contribution in [2.24, 2.45) is 0 Å². The number of pyridine rings is 1. The van der Waals surface area contributed by atoms with Crippen LogP contribution >= 0.6 is 0 Å². The lowest BCUT2D eigenvalue weighted by Gasteiger charge is -2.18. The molecule has 3 aromatic carbocycles. The fourth-order valence-corrected chi connectivity index (χ4v) is 5.17. The Morgan fingerprint density at radius 2 is 1.36 bits per heavy atom. The van der Waals surface area contributed by atoms with Crippen LogP contribution in [0.4, 0.5) is 35.1 Å². The maximum Gasteiger partial charge on any atom is 0.417 e. The monoisotopic (exact) mass is 612 g/mol. The molecule has 218 valence electrons. The molecule has 0 aliphatic heterocycles. The van der Waals surface area contributed by atoms with E-state index < -0.39 is 73.2 Å². The van der Waals surface area contributed by atoms with Crippen molar-refractivity contribution in [1.82, 2.24) is 4.57 Å². The smallest absolute Gasteiger partial charge is 0.303 e. The van der Waals surface area contributed by atoms with Crippen molar-refractivity contribution < 1.29 is 43.5 Å². The van der Waals surface area contributed by atoms with E-state index in [2.05, 4.69) is 0 Å². The van der Waals surface area contributed by atoms with Gasteiger partial charge in [0.25, 0.3) is 5.56 Å². The summed E-state index contributed by atoms with van der Waals surface area (Å²) in [5, 5.41) is 9.31. The van der Waals surface area contributed by atoms with E-state index in [0.29, 0.717) is 29.0 Å². The molecule has 0 radical (unpaired) electrons. The van der Waals surface area contributed by atoms with E-state index in [1.807, 2.05) is 0 Å². The number of sulfone groups is 1. The molecule has 14 heteroatoms. The zero-order valence-electron chi connectivity index (χ0n) is 21.1. The van der Waals surface area contributed by atoms with E-state index >= 15 is 0 Å². The summed E-state index contributed by atoms with van der Waals surface area (Å²) < 4.78 is 134. The molecule has 0 amide bonds. The summed E-state index contributed by atoms with van der Waals surface area (Å²) in [4.78, 5) is 12.1. The molecule has 0 aliphatic carbocycles. The molecule has 5 nitrogen and oxygen atoms in total. The fourth-order valence-electron chi connectivity index (χ4n) is 4.28. The average Bonchev–Trinajstić information content (AvgIpc) is 2.89. The third-order valence-corrected chi connectivity index (χ3v) is 7.41. The second-order valence-corrected chi connectivity index (χ2v) is 11.1. The maximum absolute atomic E-state index is 14.4. The lowest BCUT2D eigenvalue weighted by atomic mass is 9.99. The van der Waals surface area contributed by atoms with E-state index in [-0.39, 0.29) is 22.3 Å². The predicted octanol–water partition coefficient (Wildman–Crippen LogP) is 6.82. The average molecular weight is 612 g/mol. The number of hydrogen-bond acceptors (Lipinski definition) is 4. The Morgan fingerprint density at radius 1 is 0.786 bits per heavy atom. The number of aromatic nitrogens is 1. The van der Waals surface area contributed by atoms with Crippen LogP contribution < -0.4 is 5.56 Å². The molecule has 1 aromatic heterocycles. The second-order valence-electron chi connectivity index (χ2n) is 9.11. The molecule has 4 aromatic rings. The molecule has 0 saturated heterocycles. The molecule has 4 rings (SSSR count). The van der Waals surface area contributed by atoms with Crippen LogP contribution in [0.1, 0.15) is 22.3 Å². The highest BCUT2D eigenvalue weighted by atomic mass is 32.2. The highest BCUT2D eigenvalue weighted by Crippen LogP contribution is 2.38. The zero-order valence-corrected chi connectivity index (χ0v) is 21.9. The van der Waals surface area contributed by atoms with E-state index in [0.717, 1.165) is 24.3 Å². The minimum atomic E-state index is -5.13. The van der Waals surface area contributed by atoms with Crippen molar-refractivity contribution in [3.63, 3.8) is 0 Å². The first kappa shape index (κ1) is 30.4. The van der Waals surface area contributed by atoms with E-state index in [4.69, 9.17) is 0 Å². The quantitative estimate of drug-likeness (QED) is 0.232. The highest BCUT2D eigenvalue weighted by molar-refractivity contribution is 7.90. The van der Waals surface area contributed by atoms with Gasteiger partial charge in [0.15, 0.2) is 9.84 Å². The maximum atomic E-state index is 14.4. The van der Waals surface area contributed by atoms with Crippen LogP contribution in [-0.4, -0.2) is 19.2 Å². The number of nitrogens with zero attached hydrogens (tertiary/aromatic N) is 2. The number of benzene rings is 3. The summed E-state index contributed by atoms with van der Waals surface area (Å²) >= 11 is 0. The second kappa shape index (κ2) is 10.7. The van der Waals surface area contributed by atoms with E-state index in [1.54, 1.807) is 0 Å². The van der Waals surface area contributed by atoms with Gasteiger partial charge in [-0.1, -0.05) is 36.4 Å². The van der Waals surface area contributed by atoms with Crippen LogP contribution in [-0.2, 0) is 28.7 Å². The van der Waals surface area contributed by atoms with Gasteiger partial charge in [-0.05, 0) is 41.0 Å². The van der Waals surface area contributed by atoms with E-state index in [9.17, 15) is 53.6 Å². The minimum absolute atomic E-state index is 0.0582. The fraction of sp³-hybridized carbons (Fsp3) is 0.143. The van der Waals surface area contributed by atoms with Crippen LogP contribution in [0.3, 0.4) is 0 Å². The Morgan fingerprint density at radius 3 is 1.88 bits per heavy atom. The third kappa shape index (κ3) is 6.06. The largest absolute Gasteiger partial charge is 0.417 e. The van der Waals surface area contributed by atoms with Crippen molar-refractivity contribution >= 4 is 9.84 Å². The van der Waals surface area contributed by atoms with Gasteiger partial charge in [0.05, 0.1) is 28.3 Å². The van der Waals surface area contributed by atoms with Gasteiger partial charge in [-0.25, -0.2) is 17.2 Å². The number of alkyl halides is 6. The molecule has 42 heavy (non-hydrogen) atoms. The Kier molecular flexibility index (Phi) is 7.77. The lowest BCUT2D eigenvalue weighted by Crippen LogP contribution is -2.29. The summed E-state index contributed by atoms with van der Waals surface area (Å²) in [5.74, 6) is -2.04. The SMILES string of the molecule is CS(=O)(=O)c1ccc(-c2ccc(-c3cc(C(F)(F)F)c(C#N)c(=O)n3Cc3ccc(F)cc3F)cc2)cc1C(F)(F)F. The van der Waals surface area contributed by atoms with Crippen molar-refractivity contribution in [3.8, 4) is 28.5 Å². The molecule has 0 spiro atoms. The number of rotatable bonds is 5. The van der Waals surface area contributed by atoms with Crippen LogP contribution in [0.25, 0.3) is 22.4 Å². The summed E-state index contributed by atoms with van der Waals surface area (Å²) in [6.07, 6.45) is -9.53. The summed E-state index contributed by atoms with van der Waals surface area (Å²) in [6, 6.07) is 11.4. The number of nitriles is 1. The Bertz CT molecular complexity index is 1900. The van der Waals surface area contributed by atoms with Crippen molar-refractivity contribution in [2.75, 3.05) is 6.26 Å². The van der Waals surface area contributed by atoms with Gasteiger partial charge in [-0.15, -0.1) is 0 Å². The Balaban J connectivity index is 1.90. The van der Waals surface area contributed by atoms with Crippen molar-refractivity contribution in [3.05, 3.63) is 111 Å². The van der Waals surface area contributed by atoms with Gasteiger partial charge < -0.3 is 4.57 Å². The number of hydrogen-bond donors (Lipinski definition) is 0. The molecule has 0 unspecified atom stereocenters. The Labute approximate surface area is 232 Å². The molecule has 0 aliphatic rings. The molecular formula is C28H16F8N2O3S. The highest BCUT2D eigenvalue weighted by Gasteiger charge is 2.37. The first-order valence-corrected chi connectivity index (χ1v) is 13.5. The normalized spacial score (nSPS) is 12.3. The van der Waals surface area contributed by atoms with Gasteiger partial charge in [0.2, 0.25) is 0 Å². The molecule has 0 atom stereocenters. The number of halogens is 8. The van der Waals surface area contributed by atoms with Crippen LogP contribution in [0, 0.1) is 23.0 Å². The lowest BCUT2D eigenvalue weighted by molar-refractivity contribution is -0.140. The van der Waals surface area contributed by atoms with E-state index in [1.165, 1.54) is 30.3 Å². The molecule has 0 fully saturated rings. The minimum Gasteiger partial charge on any atom is -0.303 e. The Hall–Kier alpha value is -4.51.